The van der Waals surface area contributed by atoms with Gasteiger partial charge in [-0.05, 0) is 19.4 Å². The number of hydrogen-bond donors (Lipinski definition) is 1. The minimum Gasteiger partial charge on any atom is -0.340 e. The van der Waals surface area contributed by atoms with Crippen molar-refractivity contribution in [2.24, 2.45) is 0 Å². The molecule has 3 nitrogen and oxygen atoms in total. The van der Waals surface area contributed by atoms with Crippen LogP contribution in [0.15, 0.2) is 0 Å². The van der Waals surface area contributed by atoms with Crippen LogP contribution < -0.4 is 5.32 Å². The predicted octanol–water partition coefficient (Wildman–Crippen LogP) is 0.610. The lowest BCUT2D eigenvalue weighted by Crippen LogP contribution is -2.50. The van der Waals surface area contributed by atoms with Crippen LogP contribution in [-0.4, -0.2) is 36.5 Å². The average Bonchev–Trinajstić information content (AvgIpc) is 2.20. The molecule has 78 valence electrons. The standard InChI is InChI=1S/C11H18N2O/c1-3-5-8-13-9-6-7-10(11(13)14)12-4-2/h1,10,12H,4-9H2,2H3. The molecular formula is C11H18N2O. The summed E-state index contributed by atoms with van der Waals surface area (Å²) < 4.78 is 0. The molecule has 0 aromatic carbocycles. The van der Waals surface area contributed by atoms with E-state index in [0.29, 0.717) is 13.0 Å². The number of likely N-dealkylation sites (tertiary alicyclic amines) is 1. The smallest absolute Gasteiger partial charge is 0.239 e. The molecule has 1 fully saturated rings. The van der Waals surface area contributed by atoms with Crippen LogP contribution in [0.4, 0.5) is 0 Å². The second-order valence-electron chi connectivity index (χ2n) is 3.53. The van der Waals surface area contributed by atoms with Crippen LogP contribution in [-0.2, 0) is 4.79 Å². The second kappa shape index (κ2) is 5.66. The van der Waals surface area contributed by atoms with Crippen LogP contribution >= 0.6 is 0 Å². The number of nitrogens with one attached hydrogen (secondary N) is 1. The predicted molar refractivity (Wildman–Crippen MR) is 56.7 cm³/mol. The van der Waals surface area contributed by atoms with Gasteiger partial charge in [0.2, 0.25) is 5.91 Å². The molecule has 1 rings (SSSR count). The van der Waals surface area contributed by atoms with Gasteiger partial charge in [0.1, 0.15) is 0 Å². The number of rotatable bonds is 4. The van der Waals surface area contributed by atoms with Crippen molar-refractivity contribution in [3.8, 4) is 12.3 Å². The van der Waals surface area contributed by atoms with Crippen molar-refractivity contribution in [3.63, 3.8) is 0 Å². The normalized spacial score (nSPS) is 22.1. The van der Waals surface area contributed by atoms with E-state index in [1.807, 2.05) is 11.8 Å². The number of carbonyl (C=O) groups excluding carboxylic acids is 1. The summed E-state index contributed by atoms with van der Waals surface area (Å²) in [6, 6.07) is 0.0199. The third kappa shape index (κ3) is 2.74. The Bertz CT molecular complexity index is 230. The zero-order chi connectivity index (χ0) is 10.4. The Kier molecular flexibility index (Phi) is 4.48. The Labute approximate surface area is 85.9 Å². The molecule has 1 unspecified atom stereocenters. The highest BCUT2D eigenvalue weighted by Gasteiger charge is 2.26. The van der Waals surface area contributed by atoms with Gasteiger partial charge in [-0.25, -0.2) is 0 Å². The first kappa shape index (κ1) is 11.1. The molecule has 0 bridgehead atoms. The Balaban J connectivity index is 2.44. The van der Waals surface area contributed by atoms with E-state index in [-0.39, 0.29) is 11.9 Å². The quantitative estimate of drug-likeness (QED) is 0.665. The van der Waals surface area contributed by atoms with Gasteiger partial charge < -0.3 is 10.2 Å². The Hall–Kier alpha value is -1.01. The fraction of sp³-hybridized carbons (Fsp3) is 0.727. The van der Waals surface area contributed by atoms with Crippen molar-refractivity contribution in [3.05, 3.63) is 0 Å². The molecule has 3 heteroatoms. The van der Waals surface area contributed by atoms with Crippen molar-refractivity contribution >= 4 is 5.91 Å². The van der Waals surface area contributed by atoms with Gasteiger partial charge >= 0.3 is 0 Å². The van der Waals surface area contributed by atoms with Gasteiger partial charge in [-0.15, -0.1) is 12.3 Å². The van der Waals surface area contributed by atoms with Crippen LogP contribution in [0.3, 0.4) is 0 Å². The molecule has 14 heavy (non-hydrogen) atoms. The molecule has 1 saturated heterocycles. The van der Waals surface area contributed by atoms with Gasteiger partial charge in [0.25, 0.3) is 0 Å². The third-order valence-electron chi connectivity index (χ3n) is 2.51. The van der Waals surface area contributed by atoms with E-state index in [2.05, 4.69) is 11.2 Å². The number of terminal acetylenes is 1. The SMILES string of the molecule is C#CCCN1CCCC(NCC)C1=O. The topological polar surface area (TPSA) is 32.3 Å². The number of hydrogen-bond acceptors (Lipinski definition) is 2. The van der Waals surface area contributed by atoms with Gasteiger partial charge in [-0.2, -0.15) is 0 Å². The number of likely N-dealkylation sites (N-methyl/N-ethyl adjacent to an activating group) is 1. The highest BCUT2D eigenvalue weighted by Crippen LogP contribution is 2.11. The molecule has 0 spiro atoms. The lowest BCUT2D eigenvalue weighted by Gasteiger charge is -2.32. The van der Waals surface area contributed by atoms with E-state index in [1.165, 1.54) is 0 Å². The van der Waals surface area contributed by atoms with E-state index in [4.69, 9.17) is 6.42 Å². The highest BCUT2D eigenvalue weighted by molar-refractivity contribution is 5.82. The van der Waals surface area contributed by atoms with Crippen LogP contribution in [0.2, 0.25) is 0 Å². The summed E-state index contributed by atoms with van der Waals surface area (Å²) in [4.78, 5) is 13.7. The summed E-state index contributed by atoms with van der Waals surface area (Å²) in [7, 11) is 0. The zero-order valence-corrected chi connectivity index (χ0v) is 8.75. The summed E-state index contributed by atoms with van der Waals surface area (Å²) in [6.45, 7) is 4.44. The van der Waals surface area contributed by atoms with Gasteiger partial charge in [-0.3, -0.25) is 4.79 Å². The first-order valence-corrected chi connectivity index (χ1v) is 5.25. The monoisotopic (exact) mass is 194 g/mol. The largest absolute Gasteiger partial charge is 0.340 e. The minimum atomic E-state index is 0.0199. The van der Waals surface area contributed by atoms with E-state index < -0.39 is 0 Å². The number of carbonyl (C=O) groups is 1. The molecule has 1 heterocycles. The molecule has 0 aromatic heterocycles. The Morgan fingerprint density at radius 2 is 2.50 bits per heavy atom. The van der Waals surface area contributed by atoms with E-state index in [9.17, 15) is 4.79 Å². The average molecular weight is 194 g/mol. The Morgan fingerprint density at radius 3 is 3.14 bits per heavy atom. The fourth-order valence-electron chi connectivity index (χ4n) is 1.80. The molecule has 0 aliphatic carbocycles. The summed E-state index contributed by atoms with van der Waals surface area (Å²) in [5, 5.41) is 3.20. The van der Waals surface area contributed by atoms with E-state index >= 15 is 0 Å². The Morgan fingerprint density at radius 1 is 1.71 bits per heavy atom. The third-order valence-corrected chi connectivity index (χ3v) is 2.51. The molecule has 1 aliphatic heterocycles. The van der Waals surface area contributed by atoms with Crippen LogP contribution in [0.25, 0.3) is 0 Å². The molecule has 0 saturated carbocycles. The summed E-state index contributed by atoms with van der Waals surface area (Å²) in [5.74, 6) is 2.78. The van der Waals surface area contributed by atoms with Crippen molar-refractivity contribution in [1.29, 1.82) is 0 Å². The first-order valence-electron chi connectivity index (χ1n) is 5.25. The van der Waals surface area contributed by atoms with Gasteiger partial charge in [0.15, 0.2) is 0 Å². The zero-order valence-electron chi connectivity index (χ0n) is 8.75. The van der Waals surface area contributed by atoms with E-state index in [0.717, 1.165) is 25.9 Å². The minimum absolute atomic E-state index is 0.0199. The summed E-state index contributed by atoms with van der Waals surface area (Å²) in [5.41, 5.74) is 0. The maximum absolute atomic E-state index is 11.8. The summed E-state index contributed by atoms with van der Waals surface area (Å²) in [6.07, 6.45) is 7.87. The number of piperidine rings is 1. The molecule has 1 aliphatic rings. The van der Waals surface area contributed by atoms with Crippen LogP contribution in [0.1, 0.15) is 26.2 Å². The molecule has 0 radical (unpaired) electrons. The van der Waals surface area contributed by atoms with Crippen molar-refractivity contribution in [2.75, 3.05) is 19.6 Å². The van der Waals surface area contributed by atoms with Crippen LogP contribution in [0.5, 0.6) is 0 Å². The summed E-state index contributed by atoms with van der Waals surface area (Å²) >= 11 is 0. The van der Waals surface area contributed by atoms with Crippen molar-refractivity contribution < 1.29 is 4.79 Å². The maximum Gasteiger partial charge on any atom is 0.239 e. The lowest BCUT2D eigenvalue weighted by molar-refractivity contribution is -0.135. The van der Waals surface area contributed by atoms with E-state index in [1.54, 1.807) is 0 Å². The number of nitrogens with zero attached hydrogens (tertiary/aromatic N) is 1. The van der Waals surface area contributed by atoms with Gasteiger partial charge in [-0.1, -0.05) is 6.92 Å². The molecule has 1 atom stereocenters. The van der Waals surface area contributed by atoms with Crippen molar-refractivity contribution in [2.45, 2.75) is 32.2 Å². The van der Waals surface area contributed by atoms with Crippen LogP contribution in [0, 0.1) is 12.3 Å². The van der Waals surface area contributed by atoms with Gasteiger partial charge in [0.05, 0.1) is 6.04 Å². The van der Waals surface area contributed by atoms with Crippen molar-refractivity contribution in [1.82, 2.24) is 10.2 Å². The fourth-order valence-corrected chi connectivity index (χ4v) is 1.80. The molecular weight excluding hydrogens is 176 g/mol. The lowest BCUT2D eigenvalue weighted by atomic mass is 10.0. The second-order valence-corrected chi connectivity index (χ2v) is 3.53. The maximum atomic E-state index is 11.8. The molecule has 0 aromatic rings. The number of amides is 1. The molecule has 1 amide bonds. The first-order chi connectivity index (χ1) is 6.79. The highest BCUT2D eigenvalue weighted by atomic mass is 16.2. The van der Waals surface area contributed by atoms with Gasteiger partial charge in [0, 0.05) is 19.5 Å². The molecule has 1 N–H and O–H groups in total.